The standard InChI is InChI=1S/C13H9N3O3S2/c17-11-6-9(15-13-16(11)3-4-20-13)7-21-10-5-8(12(18)19)1-2-14-10/h1-6H,7H2,(H,18,19). The molecule has 0 atom stereocenters. The van der Waals surface area contributed by atoms with E-state index in [1.165, 1.54) is 51.9 Å². The maximum Gasteiger partial charge on any atom is 0.335 e. The Morgan fingerprint density at radius 3 is 3.10 bits per heavy atom. The number of carbonyl (C=O) groups is 1. The first-order valence-electron chi connectivity index (χ1n) is 5.91. The lowest BCUT2D eigenvalue weighted by Crippen LogP contribution is -2.12. The summed E-state index contributed by atoms with van der Waals surface area (Å²) >= 11 is 2.74. The van der Waals surface area contributed by atoms with E-state index in [1.807, 2.05) is 0 Å². The molecule has 0 radical (unpaired) electrons. The molecule has 3 aromatic heterocycles. The summed E-state index contributed by atoms with van der Waals surface area (Å²) in [6.07, 6.45) is 3.14. The van der Waals surface area contributed by atoms with E-state index in [2.05, 4.69) is 9.97 Å². The Bertz CT molecular complexity index is 872. The molecule has 0 fully saturated rings. The number of carboxylic acid groups (broad SMARTS) is 1. The lowest BCUT2D eigenvalue weighted by Gasteiger charge is -2.02. The van der Waals surface area contributed by atoms with E-state index in [4.69, 9.17) is 5.11 Å². The largest absolute Gasteiger partial charge is 0.478 e. The predicted molar refractivity (Wildman–Crippen MR) is 80.1 cm³/mol. The van der Waals surface area contributed by atoms with Crippen LogP contribution in [0.3, 0.4) is 0 Å². The van der Waals surface area contributed by atoms with E-state index in [0.717, 1.165) is 0 Å². The maximum atomic E-state index is 11.8. The van der Waals surface area contributed by atoms with Gasteiger partial charge in [0.15, 0.2) is 4.96 Å². The second-order valence-electron chi connectivity index (χ2n) is 4.12. The highest BCUT2D eigenvalue weighted by molar-refractivity contribution is 7.98. The van der Waals surface area contributed by atoms with Crippen molar-refractivity contribution in [1.82, 2.24) is 14.4 Å². The summed E-state index contributed by atoms with van der Waals surface area (Å²) in [5.74, 6) is -0.532. The molecule has 0 unspecified atom stereocenters. The Hall–Kier alpha value is -2.19. The number of hydrogen-bond acceptors (Lipinski definition) is 6. The minimum absolute atomic E-state index is 0.121. The van der Waals surface area contributed by atoms with Gasteiger partial charge in [-0.05, 0) is 12.1 Å². The smallest absolute Gasteiger partial charge is 0.335 e. The van der Waals surface area contributed by atoms with Crippen molar-refractivity contribution in [2.75, 3.05) is 0 Å². The average molecular weight is 319 g/mol. The van der Waals surface area contributed by atoms with Crippen LogP contribution >= 0.6 is 23.1 Å². The highest BCUT2D eigenvalue weighted by Gasteiger charge is 2.07. The van der Waals surface area contributed by atoms with Gasteiger partial charge in [-0.3, -0.25) is 9.20 Å². The van der Waals surface area contributed by atoms with E-state index >= 15 is 0 Å². The summed E-state index contributed by atoms with van der Waals surface area (Å²) in [5.41, 5.74) is 0.716. The summed E-state index contributed by atoms with van der Waals surface area (Å²) in [5, 5.41) is 11.3. The minimum atomic E-state index is -0.990. The second kappa shape index (κ2) is 5.66. The van der Waals surface area contributed by atoms with Crippen LogP contribution < -0.4 is 5.56 Å². The van der Waals surface area contributed by atoms with Gasteiger partial charge in [-0.1, -0.05) is 0 Å². The molecule has 106 valence electrons. The zero-order chi connectivity index (χ0) is 14.8. The predicted octanol–water partition coefficient (Wildman–Crippen LogP) is 2.14. The fourth-order valence-electron chi connectivity index (χ4n) is 1.73. The molecule has 0 saturated heterocycles. The highest BCUT2D eigenvalue weighted by atomic mass is 32.2. The number of fused-ring (bicyclic) bond motifs is 1. The summed E-state index contributed by atoms with van der Waals surface area (Å²) in [7, 11) is 0. The highest BCUT2D eigenvalue weighted by Crippen LogP contribution is 2.20. The fourth-order valence-corrected chi connectivity index (χ4v) is 3.26. The normalized spacial score (nSPS) is 10.9. The van der Waals surface area contributed by atoms with Crippen molar-refractivity contribution in [2.24, 2.45) is 0 Å². The molecule has 1 N–H and O–H groups in total. The van der Waals surface area contributed by atoms with Crippen LogP contribution in [0.2, 0.25) is 0 Å². The van der Waals surface area contributed by atoms with Gasteiger partial charge in [0.05, 0.1) is 16.3 Å². The quantitative estimate of drug-likeness (QED) is 0.742. The number of thiazole rings is 1. The van der Waals surface area contributed by atoms with Crippen molar-refractivity contribution >= 4 is 34.0 Å². The minimum Gasteiger partial charge on any atom is -0.478 e. The van der Waals surface area contributed by atoms with E-state index in [9.17, 15) is 9.59 Å². The third kappa shape index (κ3) is 2.96. The number of rotatable bonds is 4. The molecule has 0 aliphatic rings. The Morgan fingerprint density at radius 2 is 2.29 bits per heavy atom. The lowest BCUT2D eigenvalue weighted by atomic mass is 10.3. The van der Waals surface area contributed by atoms with Crippen molar-refractivity contribution in [3.63, 3.8) is 0 Å². The van der Waals surface area contributed by atoms with E-state index in [1.54, 1.807) is 11.6 Å². The molecule has 0 saturated carbocycles. The monoisotopic (exact) mass is 319 g/mol. The van der Waals surface area contributed by atoms with Crippen molar-refractivity contribution in [3.05, 3.63) is 57.6 Å². The first kappa shape index (κ1) is 13.8. The van der Waals surface area contributed by atoms with Crippen molar-refractivity contribution < 1.29 is 9.90 Å². The van der Waals surface area contributed by atoms with Crippen LogP contribution in [-0.2, 0) is 5.75 Å². The lowest BCUT2D eigenvalue weighted by molar-refractivity contribution is 0.0696. The molecule has 21 heavy (non-hydrogen) atoms. The van der Waals surface area contributed by atoms with Crippen LogP contribution in [-0.4, -0.2) is 25.4 Å². The van der Waals surface area contributed by atoms with Crippen molar-refractivity contribution in [2.45, 2.75) is 10.8 Å². The van der Waals surface area contributed by atoms with Gasteiger partial charge in [0, 0.05) is 29.6 Å². The molecule has 3 aromatic rings. The molecular formula is C13H9N3O3S2. The third-order valence-corrected chi connectivity index (χ3v) is 4.42. The Morgan fingerprint density at radius 1 is 1.43 bits per heavy atom. The van der Waals surface area contributed by atoms with Gasteiger partial charge in [-0.2, -0.15) is 0 Å². The summed E-state index contributed by atoms with van der Waals surface area (Å²) in [4.78, 5) is 31.9. The molecule has 0 spiro atoms. The second-order valence-corrected chi connectivity index (χ2v) is 5.99. The summed E-state index contributed by atoms with van der Waals surface area (Å²) in [6, 6.07) is 4.42. The molecule has 0 bridgehead atoms. The van der Waals surface area contributed by atoms with E-state index < -0.39 is 5.97 Å². The van der Waals surface area contributed by atoms with Crippen LogP contribution in [0.1, 0.15) is 16.1 Å². The zero-order valence-corrected chi connectivity index (χ0v) is 12.2. The fraction of sp³-hybridized carbons (Fsp3) is 0.0769. The van der Waals surface area contributed by atoms with Gasteiger partial charge in [0.25, 0.3) is 5.56 Å². The van der Waals surface area contributed by atoms with Gasteiger partial charge in [-0.25, -0.2) is 14.8 Å². The van der Waals surface area contributed by atoms with E-state index in [-0.39, 0.29) is 11.1 Å². The zero-order valence-electron chi connectivity index (χ0n) is 10.6. The molecule has 6 nitrogen and oxygen atoms in total. The maximum absolute atomic E-state index is 11.8. The molecule has 0 aliphatic heterocycles. The van der Waals surface area contributed by atoms with Crippen LogP contribution in [0.4, 0.5) is 0 Å². The topological polar surface area (TPSA) is 84.6 Å². The number of nitrogens with zero attached hydrogens (tertiary/aromatic N) is 3. The molecular weight excluding hydrogens is 310 g/mol. The van der Waals surface area contributed by atoms with Gasteiger partial charge in [-0.15, -0.1) is 23.1 Å². The number of carboxylic acids is 1. The van der Waals surface area contributed by atoms with Gasteiger partial charge < -0.3 is 5.11 Å². The number of pyridine rings is 1. The molecule has 3 heterocycles. The van der Waals surface area contributed by atoms with Gasteiger partial charge >= 0.3 is 5.97 Å². The average Bonchev–Trinajstić information content (AvgIpc) is 2.94. The molecule has 0 amide bonds. The number of hydrogen-bond donors (Lipinski definition) is 1. The number of aromatic nitrogens is 3. The SMILES string of the molecule is O=C(O)c1ccnc(SCc2cc(=O)n3ccsc3n2)c1. The van der Waals surface area contributed by atoms with Crippen LogP contribution in [0.5, 0.6) is 0 Å². The number of aromatic carboxylic acids is 1. The summed E-state index contributed by atoms with van der Waals surface area (Å²) in [6.45, 7) is 0. The molecule has 0 aliphatic carbocycles. The van der Waals surface area contributed by atoms with Crippen LogP contribution in [0, 0.1) is 0 Å². The Labute approximate surface area is 127 Å². The first-order valence-corrected chi connectivity index (χ1v) is 7.78. The third-order valence-electron chi connectivity index (χ3n) is 2.71. The number of thioether (sulfide) groups is 1. The molecule has 8 heteroatoms. The molecule has 0 aromatic carbocycles. The van der Waals surface area contributed by atoms with Crippen molar-refractivity contribution in [1.29, 1.82) is 0 Å². The van der Waals surface area contributed by atoms with E-state index in [0.29, 0.717) is 21.4 Å². The Balaban J connectivity index is 1.81. The Kier molecular flexibility index (Phi) is 3.72. The summed E-state index contributed by atoms with van der Waals surface area (Å²) < 4.78 is 1.49. The first-order chi connectivity index (χ1) is 10.1. The molecule has 3 rings (SSSR count). The van der Waals surface area contributed by atoms with Crippen LogP contribution in [0.15, 0.2) is 45.8 Å². The van der Waals surface area contributed by atoms with Crippen molar-refractivity contribution in [3.8, 4) is 0 Å². The van der Waals surface area contributed by atoms with Gasteiger partial charge in [0.2, 0.25) is 0 Å². The van der Waals surface area contributed by atoms with Crippen LogP contribution in [0.25, 0.3) is 4.96 Å². The van der Waals surface area contributed by atoms with Gasteiger partial charge in [0.1, 0.15) is 0 Å².